The average Bonchev–Trinajstić information content (AvgIpc) is 2.84. The number of aliphatic hydroxyl groups excluding tert-OH is 1. The summed E-state index contributed by atoms with van der Waals surface area (Å²) < 4.78 is 5.56. The van der Waals surface area contributed by atoms with Crippen molar-refractivity contribution in [3.05, 3.63) is 29.8 Å². The summed E-state index contributed by atoms with van der Waals surface area (Å²) in [5, 5.41) is 13.2. The molecule has 0 bridgehead atoms. The molecule has 0 radical (unpaired) electrons. The number of nitrogens with one attached hydrogen (secondary N) is 1. The molecule has 3 nitrogen and oxygen atoms in total. The minimum absolute atomic E-state index is 0.0997. The van der Waals surface area contributed by atoms with Crippen molar-refractivity contribution in [2.75, 3.05) is 13.2 Å². The lowest BCUT2D eigenvalue weighted by molar-refractivity contribution is 0.131. The van der Waals surface area contributed by atoms with E-state index in [1.807, 2.05) is 12.1 Å². The second kappa shape index (κ2) is 7.51. The van der Waals surface area contributed by atoms with Crippen LogP contribution in [-0.2, 0) is 6.54 Å². The quantitative estimate of drug-likeness (QED) is 0.795. The third-order valence-electron chi connectivity index (χ3n) is 3.75. The smallest absolute Gasteiger partial charge is 0.119 e. The van der Waals surface area contributed by atoms with E-state index in [1.165, 1.54) is 5.56 Å². The van der Waals surface area contributed by atoms with Crippen LogP contribution in [0.2, 0.25) is 0 Å². The molecule has 1 saturated carbocycles. The molecule has 19 heavy (non-hydrogen) atoms. The van der Waals surface area contributed by atoms with Crippen molar-refractivity contribution in [2.45, 2.75) is 45.3 Å². The lowest BCUT2D eigenvalue weighted by atomic mass is 10.1. The predicted octanol–water partition coefficient (Wildman–Crippen LogP) is 2.73. The number of benzene rings is 1. The number of rotatable bonds is 7. The molecule has 3 heteroatoms. The summed E-state index contributed by atoms with van der Waals surface area (Å²) in [5.41, 5.74) is 1.26. The van der Waals surface area contributed by atoms with Gasteiger partial charge in [0.2, 0.25) is 0 Å². The first-order valence-electron chi connectivity index (χ1n) is 7.40. The molecule has 1 aliphatic rings. The number of aliphatic hydroxyl groups is 1. The van der Waals surface area contributed by atoms with Crippen LogP contribution >= 0.6 is 0 Å². The normalized spacial score (nSPS) is 22.6. The first kappa shape index (κ1) is 14.4. The van der Waals surface area contributed by atoms with E-state index in [1.54, 1.807) is 0 Å². The molecule has 0 aliphatic heterocycles. The van der Waals surface area contributed by atoms with Crippen molar-refractivity contribution >= 4 is 0 Å². The molecular formula is C16H25NO2. The summed E-state index contributed by atoms with van der Waals surface area (Å²) in [7, 11) is 0. The second-order valence-electron chi connectivity index (χ2n) is 5.38. The molecule has 0 spiro atoms. The molecule has 2 N–H and O–H groups in total. The fraction of sp³-hybridized carbons (Fsp3) is 0.625. The van der Waals surface area contributed by atoms with Gasteiger partial charge in [-0.25, -0.2) is 0 Å². The van der Waals surface area contributed by atoms with Crippen molar-refractivity contribution < 1.29 is 9.84 Å². The third-order valence-corrected chi connectivity index (χ3v) is 3.75. The standard InChI is InChI=1S/C16H25NO2/c1-2-10-19-15-8-6-13(7-9-15)11-17-12-14-4-3-5-16(14)18/h6-9,14,16-18H,2-5,10-12H2,1H3. The van der Waals surface area contributed by atoms with Crippen molar-refractivity contribution in [3.63, 3.8) is 0 Å². The maximum absolute atomic E-state index is 9.75. The van der Waals surface area contributed by atoms with Gasteiger partial charge in [-0.3, -0.25) is 0 Å². The van der Waals surface area contributed by atoms with Crippen molar-refractivity contribution in [1.82, 2.24) is 5.32 Å². The van der Waals surface area contributed by atoms with E-state index < -0.39 is 0 Å². The van der Waals surface area contributed by atoms with Crippen LogP contribution in [0.3, 0.4) is 0 Å². The highest BCUT2D eigenvalue weighted by Gasteiger charge is 2.24. The van der Waals surface area contributed by atoms with Gasteiger partial charge in [-0.1, -0.05) is 25.5 Å². The van der Waals surface area contributed by atoms with E-state index in [0.29, 0.717) is 5.92 Å². The first-order valence-corrected chi connectivity index (χ1v) is 7.40. The van der Waals surface area contributed by atoms with Gasteiger partial charge < -0.3 is 15.2 Å². The molecule has 2 rings (SSSR count). The molecular weight excluding hydrogens is 238 g/mol. The number of hydrogen-bond acceptors (Lipinski definition) is 3. The van der Waals surface area contributed by atoms with E-state index in [-0.39, 0.29) is 6.10 Å². The minimum atomic E-state index is -0.0997. The molecule has 1 aromatic rings. The summed E-state index contributed by atoms with van der Waals surface area (Å²) in [6.07, 6.45) is 4.22. The van der Waals surface area contributed by atoms with Gasteiger partial charge in [0.1, 0.15) is 5.75 Å². The highest BCUT2D eigenvalue weighted by molar-refractivity contribution is 5.27. The van der Waals surface area contributed by atoms with Crippen LogP contribution in [0.1, 0.15) is 38.2 Å². The summed E-state index contributed by atoms with van der Waals surface area (Å²) in [5.74, 6) is 1.38. The summed E-state index contributed by atoms with van der Waals surface area (Å²) >= 11 is 0. The number of hydrogen-bond donors (Lipinski definition) is 2. The van der Waals surface area contributed by atoms with E-state index in [9.17, 15) is 5.11 Å². The Morgan fingerprint density at radius 2 is 2.05 bits per heavy atom. The van der Waals surface area contributed by atoms with Crippen LogP contribution < -0.4 is 10.1 Å². The van der Waals surface area contributed by atoms with Crippen LogP contribution in [0.4, 0.5) is 0 Å². The van der Waals surface area contributed by atoms with Crippen molar-refractivity contribution in [2.24, 2.45) is 5.92 Å². The van der Waals surface area contributed by atoms with Gasteiger partial charge in [-0.2, -0.15) is 0 Å². The van der Waals surface area contributed by atoms with Crippen LogP contribution in [-0.4, -0.2) is 24.4 Å². The summed E-state index contributed by atoms with van der Waals surface area (Å²) in [4.78, 5) is 0. The van der Waals surface area contributed by atoms with E-state index in [2.05, 4.69) is 24.4 Å². The van der Waals surface area contributed by atoms with Crippen LogP contribution in [0.25, 0.3) is 0 Å². The SMILES string of the molecule is CCCOc1ccc(CNCC2CCCC2O)cc1. The summed E-state index contributed by atoms with van der Waals surface area (Å²) in [6, 6.07) is 8.25. The van der Waals surface area contributed by atoms with Gasteiger partial charge >= 0.3 is 0 Å². The first-order chi connectivity index (χ1) is 9.29. The summed E-state index contributed by atoms with van der Waals surface area (Å²) in [6.45, 7) is 4.65. The van der Waals surface area contributed by atoms with Crippen LogP contribution in [0.15, 0.2) is 24.3 Å². The molecule has 0 saturated heterocycles. The van der Waals surface area contributed by atoms with E-state index in [0.717, 1.165) is 51.1 Å². The fourth-order valence-electron chi connectivity index (χ4n) is 2.58. The Morgan fingerprint density at radius 1 is 1.26 bits per heavy atom. The zero-order valence-electron chi connectivity index (χ0n) is 11.8. The largest absolute Gasteiger partial charge is 0.494 e. The van der Waals surface area contributed by atoms with E-state index >= 15 is 0 Å². The van der Waals surface area contributed by atoms with Crippen molar-refractivity contribution in [3.8, 4) is 5.75 Å². The molecule has 1 aromatic carbocycles. The molecule has 0 aromatic heterocycles. The maximum atomic E-state index is 9.75. The lowest BCUT2D eigenvalue weighted by Gasteiger charge is -2.15. The highest BCUT2D eigenvalue weighted by Crippen LogP contribution is 2.24. The van der Waals surface area contributed by atoms with Gasteiger partial charge in [0.15, 0.2) is 0 Å². The molecule has 1 aliphatic carbocycles. The van der Waals surface area contributed by atoms with Crippen LogP contribution in [0, 0.1) is 5.92 Å². The number of ether oxygens (including phenoxy) is 1. The fourth-order valence-corrected chi connectivity index (χ4v) is 2.58. The Balaban J connectivity index is 1.70. The lowest BCUT2D eigenvalue weighted by Crippen LogP contribution is -2.27. The average molecular weight is 263 g/mol. The highest BCUT2D eigenvalue weighted by atomic mass is 16.5. The van der Waals surface area contributed by atoms with Gasteiger partial charge in [-0.15, -0.1) is 0 Å². The minimum Gasteiger partial charge on any atom is -0.494 e. The Bertz CT molecular complexity index is 364. The predicted molar refractivity (Wildman–Crippen MR) is 77.3 cm³/mol. The van der Waals surface area contributed by atoms with E-state index in [4.69, 9.17) is 4.74 Å². The van der Waals surface area contributed by atoms with Gasteiger partial charge in [-0.05, 0) is 42.9 Å². The van der Waals surface area contributed by atoms with Crippen LogP contribution in [0.5, 0.6) is 5.75 Å². The van der Waals surface area contributed by atoms with Gasteiger partial charge in [0.05, 0.1) is 12.7 Å². The zero-order chi connectivity index (χ0) is 13.5. The third kappa shape index (κ3) is 4.51. The Hall–Kier alpha value is -1.06. The molecule has 2 atom stereocenters. The monoisotopic (exact) mass is 263 g/mol. The zero-order valence-corrected chi connectivity index (χ0v) is 11.8. The van der Waals surface area contributed by atoms with Crippen molar-refractivity contribution in [1.29, 1.82) is 0 Å². The second-order valence-corrected chi connectivity index (χ2v) is 5.38. The molecule has 106 valence electrons. The Morgan fingerprint density at radius 3 is 2.68 bits per heavy atom. The van der Waals surface area contributed by atoms with Gasteiger partial charge in [0.25, 0.3) is 0 Å². The van der Waals surface area contributed by atoms with Gasteiger partial charge in [0, 0.05) is 13.1 Å². The maximum Gasteiger partial charge on any atom is 0.119 e. The molecule has 0 amide bonds. The Kier molecular flexibility index (Phi) is 5.67. The molecule has 2 unspecified atom stereocenters. The molecule has 0 heterocycles. The molecule has 1 fully saturated rings. The topological polar surface area (TPSA) is 41.5 Å². The Labute approximate surface area is 116 Å².